The van der Waals surface area contributed by atoms with Gasteiger partial charge in [-0.2, -0.15) is 20.5 Å². The number of alkyl halides is 3. The number of rotatable bonds is 2. The van der Waals surface area contributed by atoms with Crippen LogP contribution in [-0.2, 0) is 4.79 Å². The van der Waals surface area contributed by atoms with Crippen LogP contribution in [0, 0.1) is 5.92 Å². The molecular formula is C5H5BrF2OS. The van der Waals surface area contributed by atoms with Crippen LogP contribution < -0.4 is 0 Å². The third-order valence-electron chi connectivity index (χ3n) is 1.29. The molecule has 0 N–H and O–H groups in total. The third-order valence-corrected chi connectivity index (χ3v) is 2.96. The molecule has 1 nitrogen and oxygen atoms in total. The molecule has 1 fully saturated rings. The molecule has 58 valence electrons. The van der Waals surface area contributed by atoms with E-state index in [0.717, 1.165) is 0 Å². The van der Waals surface area contributed by atoms with Crippen LogP contribution in [0.5, 0.6) is 0 Å². The molecule has 1 rings (SSSR count). The predicted octanol–water partition coefficient (Wildman–Crippen LogP) is 1.91. The summed E-state index contributed by atoms with van der Waals surface area (Å²) < 4.78 is 24.3. The summed E-state index contributed by atoms with van der Waals surface area (Å²) >= 11 is 3.54. The van der Waals surface area contributed by atoms with Gasteiger partial charge in [-0.1, -0.05) is 0 Å². The van der Waals surface area contributed by atoms with Gasteiger partial charge in [0.05, 0.1) is 0 Å². The number of hydrogen-bond acceptors (Lipinski definition) is 2. The highest BCUT2D eigenvalue weighted by atomic mass is 79.9. The second kappa shape index (κ2) is 2.77. The first-order valence-corrected chi connectivity index (χ1v) is 4.65. The topological polar surface area (TPSA) is 17.1 Å². The number of ketones is 1. The number of hydrogen-bond donors (Lipinski definition) is 0. The van der Waals surface area contributed by atoms with Crippen LogP contribution >= 0.6 is 27.7 Å². The van der Waals surface area contributed by atoms with Crippen molar-refractivity contribution in [2.45, 2.75) is 4.83 Å². The largest absolute Gasteiger partial charge is 0.358 e. The Labute approximate surface area is 69.7 Å². The lowest BCUT2D eigenvalue weighted by molar-refractivity contribution is -0.135. The maximum absolute atomic E-state index is 12.1. The van der Waals surface area contributed by atoms with E-state index in [-0.39, 0.29) is 0 Å². The highest BCUT2D eigenvalue weighted by Gasteiger charge is 2.42. The van der Waals surface area contributed by atoms with E-state index < -0.39 is 16.5 Å². The van der Waals surface area contributed by atoms with E-state index in [1.165, 1.54) is 11.8 Å². The Balaban J connectivity index is 2.48. The molecule has 0 aromatic rings. The Morgan fingerprint density at radius 1 is 1.60 bits per heavy atom. The summed E-state index contributed by atoms with van der Waals surface area (Å²) in [7, 11) is 0. The maximum Gasteiger partial charge on any atom is 0.358 e. The van der Waals surface area contributed by atoms with Crippen molar-refractivity contribution >= 4 is 33.5 Å². The van der Waals surface area contributed by atoms with Crippen molar-refractivity contribution < 1.29 is 13.6 Å². The third kappa shape index (κ3) is 1.69. The fourth-order valence-electron chi connectivity index (χ4n) is 0.619. The summed E-state index contributed by atoms with van der Waals surface area (Å²) in [6.45, 7) is 0. The van der Waals surface area contributed by atoms with E-state index in [9.17, 15) is 13.6 Å². The molecule has 1 aliphatic heterocycles. The molecule has 0 atom stereocenters. The average Bonchev–Trinajstić information content (AvgIpc) is 1.57. The molecular weight excluding hydrogens is 226 g/mol. The monoisotopic (exact) mass is 230 g/mol. The molecule has 0 spiro atoms. The van der Waals surface area contributed by atoms with E-state index in [0.29, 0.717) is 11.5 Å². The number of carbonyl (C=O) groups is 1. The quantitative estimate of drug-likeness (QED) is 0.675. The zero-order valence-corrected chi connectivity index (χ0v) is 7.34. The summed E-state index contributed by atoms with van der Waals surface area (Å²) in [6, 6.07) is 0. The average molecular weight is 231 g/mol. The van der Waals surface area contributed by atoms with Crippen LogP contribution in [0.3, 0.4) is 0 Å². The number of carbonyl (C=O) groups excluding carboxylic acids is 1. The minimum Gasteiger partial charge on any atom is -0.292 e. The van der Waals surface area contributed by atoms with E-state index >= 15 is 0 Å². The molecule has 0 aliphatic carbocycles. The van der Waals surface area contributed by atoms with Crippen molar-refractivity contribution in [3.8, 4) is 0 Å². The molecule has 0 bridgehead atoms. The van der Waals surface area contributed by atoms with Crippen molar-refractivity contribution in [1.82, 2.24) is 0 Å². The number of Topliss-reactive ketones (excluding diaryl/α,β-unsaturated/α-hetero) is 1. The molecule has 0 saturated carbocycles. The molecule has 1 saturated heterocycles. The van der Waals surface area contributed by atoms with Crippen LogP contribution in [0.15, 0.2) is 0 Å². The van der Waals surface area contributed by atoms with Gasteiger partial charge in [-0.25, -0.2) is 0 Å². The first-order chi connectivity index (χ1) is 4.52. The zero-order chi connectivity index (χ0) is 7.78. The second-order valence-corrected chi connectivity index (χ2v) is 4.17. The van der Waals surface area contributed by atoms with Gasteiger partial charge in [0.2, 0.25) is 5.78 Å². The smallest absolute Gasteiger partial charge is 0.292 e. The lowest BCUT2D eigenvalue weighted by atomic mass is 10.1. The van der Waals surface area contributed by atoms with E-state index in [1.807, 2.05) is 15.9 Å². The highest BCUT2D eigenvalue weighted by molar-refractivity contribution is 9.10. The molecule has 10 heavy (non-hydrogen) atoms. The predicted molar refractivity (Wildman–Crippen MR) is 39.7 cm³/mol. The van der Waals surface area contributed by atoms with Gasteiger partial charge >= 0.3 is 4.83 Å². The summed E-state index contributed by atoms with van der Waals surface area (Å²) in [4.78, 5) is 7.33. The Kier molecular flexibility index (Phi) is 2.34. The van der Waals surface area contributed by atoms with Crippen molar-refractivity contribution in [3.63, 3.8) is 0 Å². The standard InChI is InChI=1S/C5H5BrF2OS/c6-5(7,8)4(9)3-1-10-2-3/h3H,1-2H2. The summed E-state index contributed by atoms with van der Waals surface area (Å²) in [5.41, 5.74) is 0. The zero-order valence-electron chi connectivity index (χ0n) is 4.94. The minimum absolute atomic E-state index is 0.431. The Morgan fingerprint density at radius 3 is 2.20 bits per heavy atom. The second-order valence-electron chi connectivity index (χ2n) is 2.10. The molecule has 0 amide bonds. The first kappa shape index (κ1) is 8.46. The summed E-state index contributed by atoms with van der Waals surface area (Å²) in [5.74, 6) is -0.328. The van der Waals surface area contributed by atoms with Gasteiger partial charge in [0.1, 0.15) is 0 Å². The van der Waals surface area contributed by atoms with Crippen LogP contribution in [0.4, 0.5) is 8.78 Å². The Hall–Kier alpha value is 0.360. The van der Waals surface area contributed by atoms with Crippen LogP contribution in [0.25, 0.3) is 0 Å². The first-order valence-electron chi connectivity index (χ1n) is 2.70. The fourth-order valence-corrected chi connectivity index (χ4v) is 1.72. The van der Waals surface area contributed by atoms with Crippen molar-refractivity contribution in [3.05, 3.63) is 0 Å². The summed E-state index contributed by atoms with van der Waals surface area (Å²) in [5, 5.41) is 0. The molecule has 1 heterocycles. The molecule has 5 heteroatoms. The summed E-state index contributed by atoms with van der Waals surface area (Å²) in [6.07, 6.45) is 0. The van der Waals surface area contributed by atoms with E-state index in [4.69, 9.17) is 0 Å². The minimum atomic E-state index is -3.31. The van der Waals surface area contributed by atoms with Crippen molar-refractivity contribution in [2.24, 2.45) is 5.92 Å². The Bertz CT molecular complexity index is 152. The van der Waals surface area contributed by atoms with Gasteiger partial charge in [-0.3, -0.25) is 4.79 Å². The molecule has 0 radical (unpaired) electrons. The van der Waals surface area contributed by atoms with Crippen LogP contribution in [0.1, 0.15) is 0 Å². The molecule has 0 unspecified atom stereocenters. The van der Waals surface area contributed by atoms with Gasteiger partial charge < -0.3 is 0 Å². The lowest BCUT2D eigenvalue weighted by Gasteiger charge is -2.24. The molecule has 0 aromatic carbocycles. The molecule has 0 aromatic heterocycles. The maximum atomic E-state index is 12.1. The SMILES string of the molecule is O=C(C1CSC1)C(F)(F)Br. The highest BCUT2D eigenvalue weighted by Crippen LogP contribution is 2.34. The van der Waals surface area contributed by atoms with Gasteiger partial charge in [-0.15, -0.1) is 0 Å². The number of halogens is 3. The van der Waals surface area contributed by atoms with Gasteiger partial charge in [-0.05, 0) is 15.9 Å². The number of thioether (sulfide) groups is 1. The fraction of sp³-hybridized carbons (Fsp3) is 0.800. The van der Waals surface area contributed by atoms with Crippen LogP contribution in [-0.4, -0.2) is 22.1 Å². The Morgan fingerprint density at radius 2 is 2.10 bits per heavy atom. The van der Waals surface area contributed by atoms with Gasteiger partial charge in [0.15, 0.2) is 0 Å². The van der Waals surface area contributed by atoms with E-state index in [1.54, 1.807) is 0 Å². The van der Waals surface area contributed by atoms with Crippen molar-refractivity contribution in [1.29, 1.82) is 0 Å². The lowest BCUT2D eigenvalue weighted by Crippen LogP contribution is -2.36. The van der Waals surface area contributed by atoms with Gasteiger partial charge in [0.25, 0.3) is 0 Å². The van der Waals surface area contributed by atoms with Gasteiger partial charge in [0, 0.05) is 17.4 Å². The molecule has 1 aliphatic rings. The van der Waals surface area contributed by atoms with E-state index in [2.05, 4.69) is 0 Å². The normalized spacial score (nSPS) is 20.3. The van der Waals surface area contributed by atoms with Crippen LogP contribution in [0.2, 0.25) is 0 Å². The van der Waals surface area contributed by atoms with Crippen molar-refractivity contribution in [2.75, 3.05) is 11.5 Å².